The summed E-state index contributed by atoms with van der Waals surface area (Å²) in [6, 6.07) is 0. The van der Waals surface area contributed by atoms with E-state index in [1.807, 2.05) is 41.5 Å². The zero-order valence-corrected chi connectivity index (χ0v) is 15.5. The molecule has 1 amide bonds. The van der Waals surface area contributed by atoms with Crippen LogP contribution in [-0.2, 0) is 19.0 Å². The first-order valence-corrected chi connectivity index (χ1v) is 9.33. The van der Waals surface area contributed by atoms with Crippen LogP contribution in [0, 0.1) is 11.3 Å². The van der Waals surface area contributed by atoms with Crippen molar-refractivity contribution in [3.63, 3.8) is 0 Å². The molecule has 1 aliphatic rings. The van der Waals surface area contributed by atoms with E-state index in [0.29, 0.717) is 0 Å². The fraction of sp³-hybridized carbons (Fsp3) is 0.933. The average Bonchev–Trinajstić information content (AvgIpc) is 2.43. The highest BCUT2D eigenvalue weighted by atomic mass is 32.2. The summed E-state index contributed by atoms with van der Waals surface area (Å²) >= 11 is 0. The van der Waals surface area contributed by atoms with Crippen molar-refractivity contribution >= 4 is 16.2 Å². The average molecular weight is 335 g/mol. The van der Waals surface area contributed by atoms with Crippen LogP contribution in [0.5, 0.6) is 0 Å². The quantitative estimate of drug-likeness (QED) is 0.799. The van der Waals surface area contributed by atoms with E-state index in [-0.39, 0.29) is 17.9 Å². The van der Waals surface area contributed by atoms with Crippen molar-refractivity contribution in [2.24, 2.45) is 11.3 Å². The molecule has 0 radical (unpaired) electrons. The molecule has 0 heterocycles. The van der Waals surface area contributed by atoms with E-state index in [4.69, 9.17) is 8.92 Å². The van der Waals surface area contributed by atoms with E-state index >= 15 is 0 Å². The highest BCUT2D eigenvalue weighted by molar-refractivity contribution is 7.85. The smallest absolute Gasteiger partial charge is 0.408 e. The van der Waals surface area contributed by atoms with Gasteiger partial charge in [-0.25, -0.2) is 4.79 Å². The molecule has 0 saturated heterocycles. The van der Waals surface area contributed by atoms with Crippen molar-refractivity contribution in [1.29, 1.82) is 0 Å². The van der Waals surface area contributed by atoms with Crippen molar-refractivity contribution in [2.45, 2.75) is 65.5 Å². The maximum atomic E-state index is 12.1. The fourth-order valence-electron chi connectivity index (χ4n) is 2.85. The Balaban J connectivity index is 2.77. The molecule has 1 aliphatic carbocycles. The molecule has 2 atom stereocenters. The molecular weight excluding hydrogens is 306 g/mol. The van der Waals surface area contributed by atoms with Crippen molar-refractivity contribution in [3.8, 4) is 0 Å². The third kappa shape index (κ3) is 4.84. The summed E-state index contributed by atoms with van der Waals surface area (Å²) in [5.74, 6) is 0.0437. The molecule has 1 N–H and O–H groups in total. The second-order valence-electron chi connectivity index (χ2n) is 7.90. The summed E-state index contributed by atoms with van der Waals surface area (Å²) in [5, 5.41) is 2.96. The number of ether oxygens (including phenoxy) is 1. The SMILES string of the molecule is CC(C)(C)OC(=O)N[C@]1(C)CC[C@H](COS(C)(=O)=O)C1(C)C. The van der Waals surface area contributed by atoms with E-state index in [2.05, 4.69) is 5.32 Å². The second kappa shape index (κ2) is 6.00. The molecule has 0 unspecified atom stereocenters. The third-order valence-corrected chi connectivity index (χ3v) is 5.26. The Hall–Kier alpha value is -0.820. The van der Waals surface area contributed by atoms with Crippen molar-refractivity contribution in [1.82, 2.24) is 5.32 Å². The standard InChI is InChI=1S/C15H29NO5S/c1-13(2,3)21-12(17)16-15(6)9-8-11(14(15,4)5)10-20-22(7,18)19/h11H,8-10H2,1-7H3,(H,16,17)/t11-,15-/m1/s1. The number of alkyl carbamates (subject to hydrolysis) is 1. The topological polar surface area (TPSA) is 81.7 Å². The van der Waals surface area contributed by atoms with Gasteiger partial charge in [0.2, 0.25) is 0 Å². The van der Waals surface area contributed by atoms with Crippen LogP contribution in [0.2, 0.25) is 0 Å². The molecule has 1 rings (SSSR count). The molecule has 0 aromatic rings. The summed E-state index contributed by atoms with van der Waals surface area (Å²) in [6.45, 7) is 11.6. The lowest BCUT2D eigenvalue weighted by Gasteiger charge is -2.42. The van der Waals surface area contributed by atoms with Gasteiger partial charge in [-0.15, -0.1) is 0 Å². The molecule has 0 bridgehead atoms. The first kappa shape index (κ1) is 19.2. The summed E-state index contributed by atoms with van der Waals surface area (Å²) < 4.78 is 32.7. The van der Waals surface area contributed by atoms with E-state index < -0.39 is 27.4 Å². The number of carbonyl (C=O) groups excluding carboxylic acids is 1. The minimum atomic E-state index is -3.46. The summed E-state index contributed by atoms with van der Waals surface area (Å²) in [5.41, 5.74) is -1.34. The fourth-order valence-corrected chi connectivity index (χ4v) is 3.26. The molecule has 22 heavy (non-hydrogen) atoms. The van der Waals surface area contributed by atoms with Crippen LogP contribution in [0.3, 0.4) is 0 Å². The number of amides is 1. The van der Waals surface area contributed by atoms with Crippen LogP contribution in [0.15, 0.2) is 0 Å². The summed E-state index contributed by atoms with van der Waals surface area (Å²) in [4.78, 5) is 12.1. The molecule has 6 nitrogen and oxygen atoms in total. The molecule has 130 valence electrons. The van der Waals surface area contributed by atoms with Crippen molar-refractivity contribution < 1.29 is 22.1 Å². The highest BCUT2D eigenvalue weighted by Gasteiger charge is 2.52. The zero-order chi connectivity index (χ0) is 17.4. The van der Waals surface area contributed by atoms with E-state index in [1.165, 1.54) is 0 Å². The van der Waals surface area contributed by atoms with E-state index in [0.717, 1.165) is 19.1 Å². The van der Waals surface area contributed by atoms with Gasteiger partial charge in [0.05, 0.1) is 12.9 Å². The monoisotopic (exact) mass is 335 g/mol. The minimum absolute atomic E-state index is 0.0437. The Morgan fingerprint density at radius 1 is 1.27 bits per heavy atom. The van der Waals surface area contributed by atoms with Crippen LogP contribution in [0.1, 0.15) is 54.4 Å². The highest BCUT2D eigenvalue weighted by Crippen LogP contribution is 2.50. The molecule has 0 aromatic heterocycles. The molecular formula is C15H29NO5S. The molecule has 7 heteroatoms. The second-order valence-corrected chi connectivity index (χ2v) is 9.55. The Morgan fingerprint density at radius 2 is 1.82 bits per heavy atom. The van der Waals surface area contributed by atoms with Crippen LogP contribution in [-0.4, -0.2) is 38.5 Å². The first-order chi connectivity index (χ1) is 9.66. The number of hydrogen-bond donors (Lipinski definition) is 1. The van der Waals surface area contributed by atoms with Gasteiger partial charge in [0.1, 0.15) is 5.60 Å². The summed E-state index contributed by atoms with van der Waals surface area (Å²) in [7, 11) is -3.46. The first-order valence-electron chi connectivity index (χ1n) is 7.52. The van der Waals surface area contributed by atoms with Gasteiger partial charge in [-0.05, 0) is 51.9 Å². The van der Waals surface area contributed by atoms with Gasteiger partial charge in [0.25, 0.3) is 10.1 Å². The molecule has 0 aromatic carbocycles. The maximum Gasteiger partial charge on any atom is 0.408 e. The van der Waals surface area contributed by atoms with Gasteiger partial charge in [-0.1, -0.05) is 13.8 Å². The van der Waals surface area contributed by atoms with Gasteiger partial charge >= 0.3 is 6.09 Å². The number of nitrogens with one attached hydrogen (secondary N) is 1. The number of hydrogen-bond acceptors (Lipinski definition) is 5. The lowest BCUT2D eigenvalue weighted by Crippen LogP contribution is -2.55. The number of rotatable bonds is 4. The Kier molecular flexibility index (Phi) is 5.24. The number of carbonyl (C=O) groups is 1. The largest absolute Gasteiger partial charge is 0.444 e. The Bertz CT molecular complexity index is 521. The lowest BCUT2D eigenvalue weighted by atomic mass is 9.71. The predicted octanol–water partition coefficient (Wildman–Crippen LogP) is 2.68. The zero-order valence-electron chi connectivity index (χ0n) is 14.6. The predicted molar refractivity (Wildman–Crippen MR) is 85.1 cm³/mol. The molecule has 0 spiro atoms. The van der Waals surface area contributed by atoms with Gasteiger partial charge < -0.3 is 10.1 Å². The lowest BCUT2D eigenvalue weighted by molar-refractivity contribution is 0.0320. The molecule has 0 aliphatic heterocycles. The third-order valence-electron chi connectivity index (χ3n) is 4.70. The minimum Gasteiger partial charge on any atom is -0.444 e. The van der Waals surface area contributed by atoms with Gasteiger partial charge in [0.15, 0.2) is 0 Å². The normalized spacial score (nSPS) is 28.4. The Morgan fingerprint density at radius 3 is 2.27 bits per heavy atom. The van der Waals surface area contributed by atoms with Crippen LogP contribution in [0.25, 0.3) is 0 Å². The maximum absolute atomic E-state index is 12.1. The van der Waals surface area contributed by atoms with Crippen LogP contribution < -0.4 is 5.32 Å². The van der Waals surface area contributed by atoms with Crippen molar-refractivity contribution in [2.75, 3.05) is 12.9 Å². The van der Waals surface area contributed by atoms with E-state index in [1.54, 1.807) is 0 Å². The van der Waals surface area contributed by atoms with Gasteiger partial charge in [-0.3, -0.25) is 4.18 Å². The molecule has 1 fully saturated rings. The Labute approximate surface area is 134 Å². The van der Waals surface area contributed by atoms with Gasteiger partial charge in [-0.2, -0.15) is 8.42 Å². The molecule has 1 saturated carbocycles. The van der Waals surface area contributed by atoms with Crippen LogP contribution >= 0.6 is 0 Å². The van der Waals surface area contributed by atoms with Crippen LogP contribution in [0.4, 0.5) is 4.79 Å². The summed E-state index contributed by atoms with van der Waals surface area (Å²) in [6.07, 6.45) is 2.13. The van der Waals surface area contributed by atoms with E-state index in [9.17, 15) is 13.2 Å². The van der Waals surface area contributed by atoms with Crippen molar-refractivity contribution in [3.05, 3.63) is 0 Å². The van der Waals surface area contributed by atoms with Gasteiger partial charge in [0, 0.05) is 5.54 Å².